The first-order valence-corrected chi connectivity index (χ1v) is 12.2. The van der Waals surface area contributed by atoms with Gasteiger partial charge in [0.1, 0.15) is 5.54 Å². The number of aliphatic hydroxyl groups is 1. The molecule has 1 aliphatic heterocycles. The van der Waals surface area contributed by atoms with Gasteiger partial charge in [-0.3, -0.25) is 9.59 Å². The molecule has 1 fully saturated rings. The summed E-state index contributed by atoms with van der Waals surface area (Å²) in [6.07, 6.45) is 1.52. The zero-order chi connectivity index (χ0) is 23.3. The Bertz CT molecular complexity index is 1240. The second-order valence-electron chi connectivity index (χ2n) is 9.18. The first kappa shape index (κ1) is 22.5. The highest BCUT2D eigenvalue weighted by atomic mass is 35.5. The summed E-state index contributed by atoms with van der Waals surface area (Å²) in [5.41, 5.74) is 7.46. The van der Waals surface area contributed by atoms with Crippen molar-refractivity contribution >= 4 is 45.5 Å². The fourth-order valence-electron chi connectivity index (χ4n) is 4.94. The van der Waals surface area contributed by atoms with E-state index in [4.69, 9.17) is 17.3 Å². The third kappa shape index (κ3) is 4.08. The van der Waals surface area contributed by atoms with Gasteiger partial charge in [-0.05, 0) is 50.1 Å². The summed E-state index contributed by atoms with van der Waals surface area (Å²) in [6.45, 7) is 1.59. The lowest BCUT2D eigenvalue weighted by Crippen LogP contribution is -2.60. The van der Waals surface area contributed by atoms with Crippen molar-refractivity contribution < 1.29 is 14.7 Å². The summed E-state index contributed by atoms with van der Waals surface area (Å²) < 4.78 is 0. The minimum atomic E-state index is -1.34. The number of hydrogen-bond donors (Lipinski definition) is 4. The highest BCUT2D eigenvalue weighted by molar-refractivity contribution is 7.13. The fraction of sp³-hybridized carbons (Fsp3) is 0.435. The Morgan fingerprint density at radius 3 is 3.03 bits per heavy atom. The zero-order valence-electron chi connectivity index (χ0n) is 18.2. The van der Waals surface area contributed by atoms with Crippen LogP contribution in [0.25, 0.3) is 10.9 Å². The van der Waals surface area contributed by atoms with E-state index in [1.807, 2.05) is 13.1 Å². The Morgan fingerprint density at radius 1 is 1.42 bits per heavy atom. The van der Waals surface area contributed by atoms with Crippen LogP contribution < -0.4 is 11.1 Å². The summed E-state index contributed by atoms with van der Waals surface area (Å²) in [5, 5.41) is 14.5. The summed E-state index contributed by atoms with van der Waals surface area (Å²) >= 11 is 7.47. The van der Waals surface area contributed by atoms with Crippen molar-refractivity contribution in [1.29, 1.82) is 0 Å². The molecule has 2 aliphatic rings. The molecule has 0 bridgehead atoms. The topological polar surface area (TPSA) is 124 Å². The summed E-state index contributed by atoms with van der Waals surface area (Å²) in [4.78, 5) is 37.6. The van der Waals surface area contributed by atoms with Crippen LogP contribution in [0.2, 0.25) is 5.02 Å². The molecule has 5 rings (SSSR count). The average molecular weight is 488 g/mol. The largest absolute Gasteiger partial charge is 0.396 e. The number of aromatic amines is 1. The summed E-state index contributed by atoms with van der Waals surface area (Å²) in [6, 6.07) is 6.45. The number of thiazole rings is 1. The van der Waals surface area contributed by atoms with Gasteiger partial charge in [-0.15, -0.1) is 11.3 Å². The van der Waals surface area contributed by atoms with Crippen LogP contribution in [-0.2, 0) is 13.0 Å². The van der Waals surface area contributed by atoms with Gasteiger partial charge < -0.3 is 26.0 Å². The molecule has 174 valence electrons. The molecule has 1 aromatic carbocycles. The SMILES string of the molecule is CN1CCc2nc(C(=O)NC3CC(CO)CC3(N)C(=O)c3cc4cc(Cl)ccc4[nH]3)sc2C1. The monoisotopic (exact) mass is 487 g/mol. The van der Waals surface area contributed by atoms with Crippen molar-refractivity contribution in [1.82, 2.24) is 20.2 Å². The number of Topliss-reactive ketones (excluding diaryl/α,β-unsaturated/α-hetero) is 1. The van der Waals surface area contributed by atoms with Gasteiger partial charge in [-0.1, -0.05) is 11.6 Å². The zero-order valence-corrected chi connectivity index (χ0v) is 19.8. The number of carbonyl (C=O) groups is 2. The Labute approximate surface area is 200 Å². The number of hydrogen-bond acceptors (Lipinski definition) is 7. The predicted molar refractivity (Wildman–Crippen MR) is 128 cm³/mol. The molecule has 3 heterocycles. The van der Waals surface area contributed by atoms with Crippen molar-refractivity contribution in [3.63, 3.8) is 0 Å². The number of aliphatic hydroxyl groups excluding tert-OH is 1. The van der Waals surface area contributed by atoms with Crippen LogP contribution in [0, 0.1) is 5.92 Å². The quantitative estimate of drug-likeness (QED) is 0.409. The standard InChI is InChI=1S/C23H26ClN5O3S/c1-29-5-4-16-18(10-29)33-22(27-16)21(32)28-19-6-12(11-30)9-23(19,25)20(31)17-8-13-7-14(24)2-3-15(13)26-17/h2-3,7-8,12,19,26,30H,4-6,9-11,25H2,1H3,(H,28,32). The third-order valence-electron chi connectivity index (χ3n) is 6.75. The van der Waals surface area contributed by atoms with E-state index in [2.05, 4.69) is 20.2 Å². The molecular formula is C23H26ClN5O3S. The lowest BCUT2D eigenvalue weighted by Gasteiger charge is -2.30. The number of nitrogens with two attached hydrogens (primary N) is 1. The maximum absolute atomic E-state index is 13.6. The number of nitrogens with one attached hydrogen (secondary N) is 2. The number of nitrogens with zero attached hydrogens (tertiary/aromatic N) is 2. The number of ketones is 1. The first-order valence-electron chi connectivity index (χ1n) is 11.0. The van der Waals surface area contributed by atoms with Crippen LogP contribution in [0.15, 0.2) is 24.3 Å². The molecule has 33 heavy (non-hydrogen) atoms. The maximum Gasteiger partial charge on any atom is 0.280 e. The molecule has 0 radical (unpaired) electrons. The number of halogens is 1. The highest BCUT2D eigenvalue weighted by Crippen LogP contribution is 2.36. The van der Waals surface area contributed by atoms with Crippen LogP contribution in [0.3, 0.4) is 0 Å². The van der Waals surface area contributed by atoms with E-state index in [9.17, 15) is 14.7 Å². The molecule has 0 saturated heterocycles. The Morgan fingerprint density at radius 2 is 2.24 bits per heavy atom. The number of H-pyrrole nitrogens is 1. The van der Waals surface area contributed by atoms with Crippen molar-refractivity contribution in [2.45, 2.75) is 37.4 Å². The maximum atomic E-state index is 13.6. The molecule has 2 aromatic heterocycles. The summed E-state index contributed by atoms with van der Waals surface area (Å²) in [7, 11) is 2.04. The fourth-order valence-corrected chi connectivity index (χ4v) is 6.21. The lowest BCUT2D eigenvalue weighted by atomic mass is 9.87. The van der Waals surface area contributed by atoms with Crippen molar-refractivity contribution in [2.75, 3.05) is 20.2 Å². The highest BCUT2D eigenvalue weighted by Gasteiger charge is 2.51. The normalized spacial score (nSPS) is 25.3. The second-order valence-corrected chi connectivity index (χ2v) is 10.7. The Kier molecular flexibility index (Phi) is 5.78. The average Bonchev–Trinajstić information content (AvgIpc) is 3.48. The van der Waals surface area contributed by atoms with Gasteiger partial charge in [0, 0.05) is 46.9 Å². The van der Waals surface area contributed by atoms with E-state index in [0.717, 1.165) is 41.0 Å². The number of likely N-dealkylation sites (N-methyl/N-ethyl adjacent to an activating group) is 1. The molecule has 1 aliphatic carbocycles. The predicted octanol–water partition coefficient (Wildman–Crippen LogP) is 2.35. The van der Waals surface area contributed by atoms with E-state index in [-0.39, 0.29) is 30.6 Å². The van der Waals surface area contributed by atoms with Gasteiger partial charge in [0.15, 0.2) is 5.01 Å². The Hall–Kier alpha value is -2.30. The van der Waals surface area contributed by atoms with Gasteiger partial charge in [-0.2, -0.15) is 0 Å². The van der Waals surface area contributed by atoms with Gasteiger partial charge in [0.05, 0.1) is 17.4 Å². The number of amides is 1. The van der Waals surface area contributed by atoms with E-state index in [1.165, 1.54) is 11.3 Å². The van der Waals surface area contributed by atoms with Crippen molar-refractivity contribution in [3.8, 4) is 0 Å². The molecule has 3 aromatic rings. The third-order valence-corrected chi connectivity index (χ3v) is 8.06. The van der Waals surface area contributed by atoms with Crippen molar-refractivity contribution in [3.05, 3.63) is 50.6 Å². The molecule has 10 heteroatoms. The van der Waals surface area contributed by atoms with Crippen molar-refractivity contribution in [2.24, 2.45) is 11.7 Å². The van der Waals surface area contributed by atoms with E-state index in [1.54, 1.807) is 18.2 Å². The van der Waals surface area contributed by atoms with Crippen LogP contribution >= 0.6 is 22.9 Å². The molecular weight excluding hydrogens is 462 g/mol. The molecule has 0 spiro atoms. The Balaban J connectivity index is 1.40. The van der Waals surface area contributed by atoms with E-state index in [0.29, 0.717) is 22.1 Å². The number of benzene rings is 1. The van der Waals surface area contributed by atoms with Crippen LogP contribution in [0.5, 0.6) is 0 Å². The summed E-state index contributed by atoms with van der Waals surface area (Å²) in [5.74, 6) is -0.802. The lowest BCUT2D eigenvalue weighted by molar-refractivity contribution is 0.0829. The van der Waals surface area contributed by atoms with Gasteiger partial charge in [0.2, 0.25) is 5.78 Å². The molecule has 3 unspecified atom stereocenters. The second kappa shape index (κ2) is 8.48. The minimum Gasteiger partial charge on any atom is -0.396 e. The van der Waals surface area contributed by atoms with Gasteiger partial charge >= 0.3 is 0 Å². The van der Waals surface area contributed by atoms with Crippen LogP contribution in [0.4, 0.5) is 0 Å². The number of fused-ring (bicyclic) bond motifs is 2. The van der Waals surface area contributed by atoms with E-state index < -0.39 is 11.6 Å². The molecule has 1 saturated carbocycles. The van der Waals surface area contributed by atoms with Crippen LogP contribution in [0.1, 0.15) is 43.7 Å². The molecule has 5 N–H and O–H groups in total. The smallest absolute Gasteiger partial charge is 0.280 e. The molecule has 3 atom stereocenters. The number of carbonyl (C=O) groups excluding carboxylic acids is 2. The first-order chi connectivity index (χ1) is 15.8. The minimum absolute atomic E-state index is 0.0984. The number of aromatic nitrogens is 2. The van der Waals surface area contributed by atoms with Gasteiger partial charge in [-0.25, -0.2) is 4.98 Å². The van der Waals surface area contributed by atoms with Gasteiger partial charge in [0.25, 0.3) is 5.91 Å². The van der Waals surface area contributed by atoms with E-state index >= 15 is 0 Å². The molecule has 1 amide bonds. The molecule has 8 nitrogen and oxygen atoms in total. The number of rotatable bonds is 5. The van der Waals surface area contributed by atoms with Crippen LogP contribution in [-0.4, -0.2) is 63.4 Å².